The van der Waals surface area contributed by atoms with Gasteiger partial charge in [0.25, 0.3) is 0 Å². The van der Waals surface area contributed by atoms with Crippen molar-refractivity contribution in [2.75, 3.05) is 19.8 Å². The van der Waals surface area contributed by atoms with Crippen LogP contribution in [-0.4, -0.2) is 37.4 Å². The standard InChI is InChI=1S/C17H30O5/c1-12(2)17(6,13(3)4)15(19)21-11-14(18)22-16(5)7-9-20-10-8-16/h12-13H,7-11H2,1-6H3. The fourth-order valence-corrected chi connectivity index (χ4v) is 2.63. The minimum atomic E-state index is -0.608. The molecule has 0 atom stereocenters. The molecule has 0 aliphatic carbocycles. The molecule has 0 aromatic rings. The minimum Gasteiger partial charge on any atom is -0.457 e. The summed E-state index contributed by atoms with van der Waals surface area (Å²) in [4.78, 5) is 24.3. The van der Waals surface area contributed by atoms with Crippen molar-refractivity contribution >= 4 is 11.9 Å². The highest BCUT2D eigenvalue weighted by molar-refractivity contribution is 5.80. The third-order valence-corrected chi connectivity index (χ3v) is 5.07. The first-order valence-corrected chi connectivity index (χ1v) is 8.08. The van der Waals surface area contributed by atoms with Crippen LogP contribution in [0.3, 0.4) is 0 Å². The highest BCUT2D eigenvalue weighted by Gasteiger charge is 2.41. The molecule has 1 aliphatic rings. The summed E-state index contributed by atoms with van der Waals surface area (Å²) in [7, 11) is 0. The van der Waals surface area contributed by atoms with Crippen LogP contribution >= 0.6 is 0 Å². The van der Waals surface area contributed by atoms with E-state index in [1.54, 1.807) is 0 Å². The van der Waals surface area contributed by atoms with Crippen molar-refractivity contribution in [2.45, 2.75) is 60.0 Å². The fraction of sp³-hybridized carbons (Fsp3) is 0.882. The van der Waals surface area contributed by atoms with Crippen molar-refractivity contribution in [1.82, 2.24) is 0 Å². The fourth-order valence-electron chi connectivity index (χ4n) is 2.63. The van der Waals surface area contributed by atoms with E-state index in [9.17, 15) is 9.59 Å². The van der Waals surface area contributed by atoms with Crippen LogP contribution in [0.15, 0.2) is 0 Å². The molecule has 0 aromatic heterocycles. The number of hydrogen-bond acceptors (Lipinski definition) is 5. The van der Waals surface area contributed by atoms with Gasteiger partial charge in [-0.2, -0.15) is 0 Å². The predicted octanol–water partition coefficient (Wildman–Crippen LogP) is 2.96. The highest BCUT2D eigenvalue weighted by atomic mass is 16.6. The molecule has 5 nitrogen and oxygen atoms in total. The lowest BCUT2D eigenvalue weighted by Crippen LogP contribution is -2.42. The zero-order chi connectivity index (χ0) is 17.0. The second kappa shape index (κ2) is 7.44. The van der Waals surface area contributed by atoms with Gasteiger partial charge in [0.05, 0.1) is 18.6 Å². The average molecular weight is 314 g/mol. The van der Waals surface area contributed by atoms with Crippen molar-refractivity contribution < 1.29 is 23.8 Å². The number of carbonyl (C=O) groups is 2. The maximum Gasteiger partial charge on any atom is 0.344 e. The van der Waals surface area contributed by atoms with Gasteiger partial charge in [0.15, 0.2) is 6.61 Å². The molecular weight excluding hydrogens is 284 g/mol. The van der Waals surface area contributed by atoms with Gasteiger partial charge in [-0.1, -0.05) is 27.7 Å². The number of ether oxygens (including phenoxy) is 3. The lowest BCUT2D eigenvalue weighted by Gasteiger charge is -2.35. The molecule has 0 saturated carbocycles. The van der Waals surface area contributed by atoms with Crippen LogP contribution in [0.25, 0.3) is 0 Å². The van der Waals surface area contributed by atoms with E-state index in [1.165, 1.54) is 0 Å². The Morgan fingerprint density at radius 1 is 1.14 bits per heavy atom. The van der Waals surface area contributed by atoms with Crippen molar-refractivity contribution in [3.8, 4) is 0 Å². The van der Waals surface area contributed by atoms with E-state index in [2.05, 4.69) is 0 Å². The third kappa shape index (κ3) is 4.45. The maximum atomic E-state index is 12.4. The number of rotatable bonds is 6. The number of hydrogen-bond donors (Lipinski definition) is 0. The van der Waals surface area contributed by atoms with Gasteiger partial charge in [-0.3, -0.25) is 4.79 Å². The maximum absolute atomic E-state index is 12.4. The summed E-state index contributed by atoms with van der Waals surface area (Å²) in [5.74, 6) is -0.577. The summed E-state index contributed by atoms with van der Waals surface area (Å²) < 4.78 is 16.0. The van der Waals surface area contributed by atoms with Crippen LogP contribution < -0.4 is 0 Å². The molecule has 1 aliphatic heterocycles. The summed E-state index contributed by atoms with van der Waals surface area (Å²) in [6.45, 7) is 12.6. The molecule has 0 bridgehead atoms. The third-order valence-electron chi connectivity index (χ3n) is 5.07. The van der Waals surface area contributed by atoms with Gasteiger partial charge in [0.1, 0.15) is 5.60 Å². The molecule has 0 spiro atoms. The smallest absolute Gasteiger partial charge is 0.344 e. The quantitative estimate of drug-likeness (QED) is 0.705. The van der Waals surface area contributed by atoms with Crippen molar-refractivity contribution in [3.05, 3.63) is 0 Å². The second-order valence-corrected chi connectivity index (χ2v) is 7.20. The zero-order valence-corrected chi connectivity index (χ0v) is 14.7. The highest BCUT2D eigenvalue weighted by Crippen LogP contribution is 2.36. The normalized spacial score (nSPS) is 18.4. The van der Waals surface area contributed by atoms with Crippen LogP contribution in [0.4, 0.5) is 0 Å². The monoisotopic (exact) mass is 314 g/mol. The van der Waals surface area contributed by atoms with E-state index >= 15 is 0 Å². The van der Waals surface area contributed by atoms with Crippen LogP contribution in [0.1, 0.15) is 54.4 Å². The molecule has 1 heterocycles. The van der Waals surface area contributed by atoms with E-state index < -0.39 is 17.0 Å². The van der Waals surface area contributed by atoms with Crippen LogP contribution in [-0.2, 0) is 23.8 Å². The molecular formula is C17H30O5. The molecule has 1 saturated heterocycles. The van der Waals surface area contributed by atoms with E-state index in [0.29, 0.717) is 26.1 Å². The van der Waals surface area contributed by atoms with E-state index in [0.717, 1.165) is 0 Å². The van der Waals surface area contributed by atoms with Crippen LogP contribution in [0, 0.1) is 17.3 Å². The van der Waals surface area contributed by atoms with Crippen molar-refractivity contribution in [1.29, 1.82) is 0 Å². The Labute approximate surface area is 133 Å². The van der Waals surface area contributed by atoms with Crippen LogP contribution in [0.2, 0.25) is 0 Å². The summed E-state index contributed by atoms with van der Waals surface area (Å²) in [5.41, 5.74) is -1.12. The lowest BCUT2D eigenvalue weighted by molar-refractivity contribution is -0.180. The van der Waals surface area contributed by atoms with Gasteiger partial charge in [0.2, 0.25) is 0 Å². The molecule has 1 rings (SSSR count). The molecule has 0 radical (unpaired) electrons. The summed E-state index contributed by atoms with van der Waals surface area (Å²) in [5, 5.41) is 0. The second-order valence-electron chi connectivity index (χ2n) is 7.20. The molecule has 1 fully saturated rings. The molecule has 0 amide bonds. The Bertz CT molecular complexity index is 386. The predicted molar refractivity (Wildman–Crippen MR) is 83.3 cm³/mol. The van der Waals surface area contributed by atoms with Gasteiger partial charge < -0.3 is 14.2 Å². The first-order chi connectivity index (χ1) is 10.1. The molecule has 5 heteroatoms. The number of esters is 2. The SMILES string of the molecule is CC(C)C(C)(C(=O)OCC(=O)OC1(C)CCOCC1)C(C)C. The Morgan fingerprint density at radius 2 is 1.64 bits per heavy atom. The van der Waals surface area contributed by atoms with Gasteiger partial charge in [0, 0.05) is 12.8 Å². The summed E-state index contributed by atoms with van der Waals surface area (Å²) >= 11 is 0. The van der Waals surface area contributed by atoms with Crippen molar-refractivity contribution in [3.63, 3.8) is 0 Å². The average Bonchev–Trinajstić information content (AvgIpc) is 2.43. The van der Waals surface area contributed by atoms with Crippen molar-refractivity contribution in [2.24, 2.45) is 17.3 Å². The summed E-state index contributed by atoms with van der Waals surface area (Å²) in [6.07, 6.45) is 1.34. The van der Waals surface area contributed by atoms with Gasteiger partial charge in [-0.25, -0.2) is 4.79 Å². The molecule has 128 valence electrons. The Kier molecular flexibility index (Phi) is 6.41. The Balaban J connectivity index is 2.54. The van der Waals surface area contributed by atoms with E-state index in [4.69, 9.17) is 14.2 Å². The largest absolute Gasteiger partial charge is 0.457 e. The minimum absolute atomic E-state index is 0.129. The Morgan fingerprint density at radius 3 is 2.09 bits per heavy atom. The first-order valence-electron chi connectivity index (χ1n) is 8.08. The molecule has 0 unspecified atom stereocenters. The van der Waals surface area contributed by atoms with Crippen LogP contribution in [0.5, 0.6) is 0 Å². The summed E-state index contributed by atoms with van der Waals surface area (Å²) in [6, 6.07) is 0. The zero-order valence-electron chi connectivity index (χ0n) is 14.7. The van der Waals surface area contributed by atoms with E-state index in [1.807, 2.05) is 41.5 Å². The molecule has 0 aromatic carbocycles. The van der Waals surface area contributed by atoms with Gasteiger partial charge in [-0.15, -0.1) is 0 Å². The number of carbonyl (C=O) groups excluding carboxylic acids is 2. The Hall–Kier alpha value is -1.10. The first kappa shape index (κ1) is 18.9. The molecule has 0 N–H and O–H groups in total. The molecule has 22 heavy (non-hydrogen) atoms. The topological polar surface area (TPSA) is 61.8 Å². The van der Waals surface area contributed by atoms with Gasteiger partial charge in [-0.05, 0) is 25.7 Å². The van der Waals surface area contributed by atoms with E-state index in [-0.39, 0.29) is 24.4 Å². The van der Waals surface area contributed by atoms with Gasteiger partial charge >= 0.3 is 11.9 Å². The lowest BCUT2D eigenvalue weighted by atomic mass is 9.70.